The Morgan fingerprint density at radius 3 is 2.35 bits per heavy atom. The number of halogens is 1. The third-order valence-corrected chi connectivity index (χ3v) is 2.20. The normalized spacial score (nSPS) is 11.8. The Hall–Kier alpha value is -1.26. The second-order valence-electron chi connectivity index (χ2n) is 4.27. The number of rotatable bonds is 4. The van der Waals surface area contributed by atoms with Crippen LogP contribution >= 0.6 is 12.4 Å². The second kappa shape index (κ2) is 7.14. The van der Waals surface area contributed by atoms with Gasteiger partial charge < -0.3 is 16.2 Å². The van der Waals surface area contributed by atoms with E-state index in [1.54, 1.807) is 12.1 Å². The zero-order valence-corrected chi connectivity index (χ0v) is 10.8. The highest BCUT2D eigenvalue weighted by atomic mass is 35.5. The third-order valence-electron chi connectivity index (χ3n) is 2.20. The topological polar surface area (TPSA) is 75.4 Å². The van der Waals surface area contributed by atoms with Gasteiger partial charge in [-0.25, -0.2) is 0 Å². The molecule has 0 aliphatic rings. The lowest BCUT2D eigenvalue weighted by Gasteiger charge is -2.14. The van der Waals surface area contributed by atoms with Gasteiger partial charge in [-0.05, 0) is 36.6 Å². The number of aromatic hydroxyl groups is 1. The van der Waals surface area contributed by atoms with E-state index in [-0.39, 0.29) is 24.1 Å². The number of hydrogen-bond donors (Lipinski definition) is 3. The third kappa shape index (κ3) is 5.56. The zero-order valence-electron chi connectivity index (χ0n) is 10.0. The van der Waals surface area contributed by atoms with Gasteiger partial charge in [0.1, 0.15) is 5.75 Å². The van der Waals surface area contributed by atoms with Crippen LogP contribution in [0, 0.1) is 5.92 Å². The van der Waals surface area contributed by atoms with Crippen molar-refractivity contribution in [2.24, 2.45) is 11.7 Å². The summed E-state index contributed by atoms with van der Waals surface area (Å²) < 4.78 is 0. The predicted molar refractivity (Wildman–Crippen MR) is 71.4 cm³/mol. The van der Waals surface area contributed by atoms with Gasteiger partial charge in [-0.3, -0.25) is 4.79 Å². The molecule has 0 saturated carbocycles. The number of carbonyl (C=O) groups excluding carboxylic acids is 1. The SMILES string of the molecule is CC(C)C[C@H](N)C(=O)Nc1ccc(O)cc1.Cl. The molecule has 0 aromatic heterocycles. The standard InChI is InChI=1S/C12H18N2O2.ClH/c1-8(2)7-11(13)12(16)14-9-3-5-10(15)6-4-9;/h3-6,8,11,15H,7,13H2,1-2H3,(H,14,16);1H/t11-;/m0./s1. The fraction of sp³-hybridized carbons (Fsp3) is 0.417. The number of benzene rings is 1. The molecule has 0 bridgehead atoms. The van der Waals surface area contributed by atoms with Crippen molar-refractivity contribution in [3.05, 3.63) is 24.3 Å². The van der Waals surface area contributed by atoms with E-state index in [1.165, 1.54) is 12.1 Å². The molecule has 4 N–H and O–H groups in total. The van der Waals surface area contributed by atoms with Gasteiger partial charge in [0.05, 0.1) is 6.04 Å². The molecule has 96 valence electrons. The maximum Gasteiger partial charge on any atom is 0.241 e. The average Bonchev–Trinajstić information content (AvgIpc) is 2.20. The minimum absolute atomic E-state index is 0. The van der Waals surface area contributed by atoms with Crippen LogP contribution in [-0.2, 0) is 4.79 Å². The second-order valence-corrected chi connectivity index (χ2v) is 4.27. The number of nitrogens with two attached hydrogens (primary N) is 1. The van der Waals surface area contributed by atoms with Gasteiger partial charge in [0.25, 0.3) is 0 Å². The Labute approximate surface area is 108 Å². The quantitative estimate of drug-likeness (QED) is 0.724. The molecule has 0 heterocycles. The van der Waals surface area contributed by atoms with Crippen LogP contribution < -0.4 is 11.1 Å². The molecule has 0 unspecified atom stereocenters. The van der Waals surface area contributed by atoms with Crippen LogP contribution in [0.4, 0.5) is 5.69 Å². The van der Waals surface area contributed by atoms with E-state index in [1.807, 2.05) is 13.8 Å². The van der Waals surface area contributed by atoms with Crippen LogP contribution in [0.3, 0.4) is 0 Å². The lowest BCUT2D eigenvalue weighted by Crippen LogP contribution is -2.36. The van der Waals surface area contributed by atoms with Crippen molar-refractivity contribution < 1.29 is 9.90 Å². The van der Waals surface area contributed by atoms with E-state index >= 15 is 0 Å². The van der Waals surface area contributed by atoms with E-state index < -0.39 is 6.04 Å². The summed E-state index contributed by atoms with van der Waals surface area (Å²) in [4.78, 5) is 11.6. The summed E-state index contributed by atoms with van der Waals surface area (Å²) in [5, 5.41) is 11.8. The molecule has 0 aliphatic heterocycles. The highest BCUT2D eigenvalue weighted by Gasteiger charge is 2.14. The molecule has 0 spiro atoms. The monoisotopic (exact) mass is 258 g/mol. The van der Waals surface area contributed by atoms with Crippen molar-refractivity contribution in [2.45, 2.75) is 26.3 Å². The lowest BCUT2D eigenvalue weighted by atomic mass is 10.0. The summed E-state index contributed by atoms with van der Waals surface area (Å²) >= 11 is 0. The minimum atomic E-state index is -0.492. The van der Waals surface area contributed by atoms with Crippen molar-refractivity contribution in [1.82, 2.24) is 0 Å². The first-order valence-corrected chi connectivity index (χ1v) is 5.34. The molecule has 1 aromatic carbocycles. The first kappa shape index (κ1) is 15.7. The van der Waals surface area contributed by atoms with E-state index in [9.17, 15) is 4.79 Å². The lowest BCUT2D eigenvalue weighted by molar-refractivity contribution is -0.117. The highest BCUT2D eigenvalue weighted by Crippen LogP contribution is 2.14. The molecule has 5 heteroatoms. The smallest absolute Gasteiger partial charge is 0.241 e. The Kier molecular flexibility index (Phi) is 6.61. The maximum absolute atomic E-state index is 11.6. The van der Waals surface area contributed by atoms with Crippen LogP contribution in [0.1, 0.15) is 20.3 Å². The molecule has 1 atom stereocenters. The maximum atomic E-state index is 11.6. The number of phenols is 1. The van der Waals surface area contributed by atoms with Gasteiger partial charge in [-0.1, -0.05) is 13.8 Å². The summed E-state index contributed by atoms with van der Waals surface area (Å²) in [6.45, 7) is 4.04. The van der Waals surface area contributed by atoms with Crippen molar-refractivity contribution in [3.8, 4) is 5.75 Å². The Bertz CT molecular complexity index is 352. The largest absolute Gasteiger partial charge is 0.508 e. The van der Waals surface area contributed by atoms with E-state index in [4.69, 9.17) is 10.8 Å². The number of amides is 1. The zero-order chi connectivity index (χ0) is 12.1. The van der Waals surface area contributed by atoms with Gasteiger partial charge >= 0.3 is 0 Å². The Morgan fingerprint density at radius 2 is 1.88 bits per heavy atom. The van der Waals surface area contributed by atoms with Crippen LogP contribution in [-0.4, -0.2) is 17.1 Å². The molecular formula is C12H19ClN2O2. The van der Waals surface area contributed by atoms with Gasteiger partial charge in [0.15, 0.2) is 0 Å². The molecule has 0 saturated heterocycles. The molecule has 4 nitrogen and oxygen atoms in total. The molecule has 1 rings (SSSR count). The van der Waals surface area contributed by atoms with E-state index in [2.05, 4.69) is 5.32 Å². The van der Waals surface area contributed by atoms with Crippen LogP contribution in [0.5, 0.6) is 5.75 Å². The van der Waals surface area contributed by atoms with Crippen LogP contribution in [0.25, 0.3) is 0 Å². The minimum Gasteiger partial charge on any atom is -0.508 e. The molecule has 1 amide bonds. The number of anilines is 1. The van der Waals surface area contributed by atoms with Crippen molar-refractivity contribution in [3.63, 3.8) is 0 Å². The van der Waals surface area contributed by atoms with Gasteiger partial charge in [0, 0.05) is 5.69 Å². The van der Waals surface area contributed by atoms with E-state index in [0.29, 0.717) is 18.0 Å². The molecule has 17 heavy (non-hydrogen) atoms. The number of carbonyl (C=O) groups is 1. The van der Waals surface area contributed by atoms with Gasteiger partial charge in [-0.15, -0.1) is 12.4 Å². The first-order chi connectivity index (χ1) is 7.49. The Morgan fingerprint density at radius 1 is 1.35 bits per heavy atom. The van der Waals surface area contributed by atoms with Crippen molar-refractivity contribution in [2.75, 3.05) is 5.32 Å². The average molecular weight is 259 g/mol. The molecule has 0 aliphatic carbocycles. The molecule has 1 aromatic rings. The summed E-state index contributed by atoms with van der Waals surface area (Å²) in [6, 6.07) is 5.81. The number of nitrogens with one attached hydrogen (secondary N) is 1. The fourth-order valence-electron chi connectivity index (χ4n) is 1.39. The Balaban J connectivity index is 0.00000256. The first-order valence-electron chi connectivity index (χ1n) is 5.34. The van der Waals surface area contributed by atoms with Crippen molar-refractivity contribution in [1.29, 1.82) is 0 Å². The molecular weight excluding hydrogens is 240 g/mol. The number of hydrogen-bond acceptors (Lipinski definition) is 3. The van der Waals surface area contributed by atoms with E-state index in [0.717, 1.165) is 0 Å². The summed E-state index contributed by atoms with van der Waals surface area (Å²) in [5.41, 5.74) is 6.38. The van der Waals surface area contributed by atoms with Gasteiger partial charge in [-0.2, -0.15) is 0 Å². The summed E-state index contributed by atoms with van der Waals surface area (Å²) in [7, 11) is 0. The molecule has 0 fully saturated rings. The van der Waals surface area contributed by atoms with Crippen LogP contribution in [0.15, 0.2) is 24.3 Å². The molecule has 0 radical (unpaired) electrons. The van der Waals surface area contributed by atoms with Crippen LogP contribution in [0.2, 0.25) is 0 Å². The van der Waals surface area contributed by atoms with Crippen molar-refractivity contribution >= 4 is 24.0 Å². The fourth-order valence-corrected chi connectivity index (χ4v) is 1.39. The van der Waals surface area contributed by atoms with Gasteiger partial charge in [0.2, 0.25) is 5.91 Å². The predicted octanol–water partition coefficient (Wildman–Crippen LogP) is 2.13. The summed E-state index contributed by atoms with van der Waals surface area (Å²) in [6.07, 6.45) is 0.657. The highest BCUT2D eigenvalue weighted by molar-refractivity contribution is 5.94. The number of phenolic OH excluding ortho intramolecular Hbond substituents is 1. The summed E-state index contributed by atoms with van der Waals surface area (Å²) in [5.74, 6) is 0.365.